The highest BCUT2D eigenvalue weighted by atomic mass is 32.2. The molecule has 3 heterocycles. The number of aliphatic hydroxyl groups is 2. The van der Waals surface area contributed by atoms with Gasteiger partial charge >= 0.3 is 0 Å². The van der Waals surface area contributed by atoms with Gasteiger partial charge in [-0.1, -0.05) is 25.1 Å². The van der Waals surface area contributed by atoms with E-state index < -0.39 is 54.6 Å². The van der Waals surface area contributed by atoms with Gasteiger partial charge in [0.25, 0.3) is 15.6 Å². The van der Waals surface area contributed by atoms with Gasteiger partial charge in [-0.25, -0.2) is 19.3 Å². The van der Waals surface area contributed by atoms with E-state index in [1.165, 1.54) is 22.7 Å². The van der Waals surface area contributed by atoms with Crippen molar-refractivity contribution in [3.05, 3.63) is 6.33 Å². The maximum absolute atomic E-state index is 11.7. The number of aromatic nitrogens is 4. The number of phosphoric acid groups is 3. The zero-order valence-electron chi connectivity index (χ0n) is 18.2. The van der Waals surface area contributed by atoms with E-state index >= 15 is 0 Å². The molecule has 0 aliphatic carbocycles. The molecule has 1 aliphatic heterocycles. The summed E-state index contributed by atoms with van der Waals surface area (Å²) < 4.78 is 50.9. The van der Waals surface area contributed by atoms with E-state index in [9.17, 15) is 43.5 Å². The van der Waals surface area contributed by atoms with Crippen molar-refractivity contribution in [2.24, 2.45) is 0 Å². The second-order valence-corrected chi connectivity index (χ2v) is 12.6. The van der Waals surface area contributed by atoms with Crippen molar-refractivity contribution in [2.75, 3.05) is 18.1 Å². The summed E-state index contributed by atoms with van der Waals surface area (Å²) in [4.78, 5) is 56.3. The van der Waals surface area contributed by atoms with Crippen LogP contribution in [0.25, 0.3) is 11.2 Å². The standard InChI is InChI=1S/C14H24N5O13P3S/c1-2-3-4-36-14-17-11(15)8-12(18-14)19(6-16-8)13-10(21)9(20)7(30-13)5-29-34(25,26)32-35(27,28)31-33(22,23)24/h6-7,9-10,13,20-21H,2-5H2,1H3,(H,25,26)(H,27,28)(H2,15,17,18)(H2,22,23,24)/p-4. The Kier molecular flexibility index (Phi) is 9.35. The molecule has 0 radical (unpaired) electrons. The van der Waals surface area contributed by atoms with E-state index in [0.717, 1.165) is 18.6 Å². The number of nitrogens with two attached hydrogens (primary N) is 1. The summed E-state index contributed by atoms with van der Waals surface area (Å²) in [5, 5.41) is 21.1. The molecule has 22 heteroatoms. The highest BCUT2D eigenvalue weighted by Crippen LogP contribution is 2.60. The van der Waals surface area contributed by atoms with E-state index in [1.807, 2.05) is 6.92 Å². The minimum absolute atomic E-state index is 0.0556. The van der Waals surface area contributed by atoms with Crippen LogP contribution >= 0.6 is 35.2 Å². The molecule has 3 rings (SSSR count). The molecular weight excluding hydrogens is 571 g/mol. The number of anilines is 1. The summed E-state index contributed by atoms with van der Waals surface area (Å²) in [6, 6.07) is 0. The first kappa shape index (κ1) is 29.5. The van der Waals surface area contributed by atoms with Crippen molar-refractivity contribution in [1.82, 2.24) is 19.5 Å². The maximum atomic E-state index is 11.7. The predicted molar refractivity (Wildman–Crippen MR) is 112 cm³/mol. The second kappa shape index (κ2) is 11.4. The van der Waals surface area contributed by atoms with Crippen molar-refractivity contribution in [2.45, 2.75) is 49.5 Å². The average Bonchev–Trinajstić information content (AvgIpc) is 3.26. The van der Waals surface area contributed by atoms with Crippen molar-refractivity contribution < 1.29 is 61.4 Å². The second-order valence-electron chi connectivity index (χ2n) is 7.26. The number of unbranched alkanes of at least 4 members (excludes halogenated alkanes) is 1. The molecule has 4 N–H and O–H groups in total. The summed E-state index contributed by atoms with van der Waals surface area (Å²) in [5.74, 6) is 0.774. The topological polar surface area (TPSA) is 290 Å². The van der Waals surface area contributed by atoms with Gasteiger partial charge in [-0.2, -0.15) is 0 Å². The Morgan fingerprint density at radius 3 is 2.47 bits per heavy atom. The molecule has 6 unspecified atom stereocenters. The normalized spacial score (nSPS) is 26.2. The SMILES string of the molecule is CCCCSc1nc(N)c2ncn(C3OC(COP(=O)([O-])OP(=O)([O-])OP(=O)([O-])[O-])C(O)C3O)c2n1. The fraction of sp³-hybridized carbons (Fsp3) is 0.643. The lowest BCUT2D eigenvalue weighted by atomic mass is 10.1. The third-order valence-corrected chi connectivity index (χ3v) is 9.16. The molecule has 18 nitrogen and oxygen atoms in total. The fourth-order valence-electron chi connectivity index (χ4n) is 3.02. The number of nitrogen functional groups attached to an aromatic ring is 1. The third kappa shape index (κ3) is 7.52. The largest absolute Gasteiger partial charge is 0.790 e. The molecule has 36 heavy (non-hydrogen) atoms. The van der Waals surface area contributed by atoms with Gasteiger partial charge in [-0.3, -0.25) is 18.0 Å². The number of nitrogens with zero attached hydrogens (tertiary/aromatic N) is 4. The van der Waals surface area contributed by atoms with Crippen LogP contribution in [0.5, 0.6) is 0 Å². The Bertz CT molecular complexity index is 1230. The monoisotopic (exact) mass is 591 g/mol. The van der Waals surface area contributed by atoms with Gasteiger partial charge in [0.15, 0.2) is 22.8 Å². The van der Waals surface area contributed by atoms with Crippen molar-refractivity contribution in [3.8, 4) is 0 Å². The van der Waals surface area contributed by atoms with Crippen LogP contribution < -0.4 is 25.3 Å². The van der Waals surface area contributed by atoms with Crippen molar-refractivity contribution in [3.63, 3.8) is 0 Å². The Morgan fingerprint density at radius 1 is 1.14 bits per heavy atom. The van der Waals surface area contributed by atoms with Gasteiger partial charge in [0.1, 0.15) is 23.8 Å². The van der Waals surface area contributed by atoms with Gasteiger partial charge in [-0.15, -0.1) is 0 Å². The Morgan fingerprint density at radius 2 is 1.83 bits per heavy atom. The van der Waals surface area contributed by atoms with Gasteiger partial charge in [0.05, 0.1) is 20.8 Å². The number of fused-ring (bicyclic) bond motifs is 1. The van der Waals surface area contributed by atoms with Crippen LogP contribution in [0.3, 0.4) is 0 Å². The lowest BCUT2D eigenvalue weighted by Gasteiger charge is -2.37. The first-order chi connectivity index (χ1) is 16.6. The third-order valence-electron chi connectivity index (χ3n) is 4.57. The Labute approximate surface area is 207 Å². The molecule has 1 aliphatic rings. The summed E-state index contributed by atoms with van der Waals surface area (Å²) in [5.41, 5.74) is 6.27. The Balaban J connectivity index is 1.73. The molecule has 0 bridgehead atoms. The first-order valence-electron chi connectivity index (χ1n) is 9.98. The lowest BCUT2D eigenvalue weighted by molar-refractivity contribution is -0.339. The molecule has 1 saturated heterocycles. The van der Waals surface area contributed by atoms with E-state index in [2.05, 4.69) is 28.1 Å². The van der Waals surface area contributed by atoms with Crippen LogP contribution in [0, 0.1) is 0 Å². The summed E-state index contributed by atoms with van der Waals surface area (Å²) >= 11 is 1.34. The predicted octanol–water partition coefficient (Wildman–Crippen LogP) is -2.26. The molecule has 0 spiro atoms. The van der Waals surface area contributed by atoms with Crippen LogP contribution in [0.1, 0.15) is 26.0 Å². The summed E-state index contributed by atoms with van der Waals surface area (Å²) in [6.07, 6.45) is -3.25. The van der Waals surface area contributed by atoms with Crippen LogP contribution in [0.4, 0.5) is 5.82 Å². The first-order valence-corrected chi connectivity index (χ1v) is 15.3. The highest BCUT2D eigenvalue weighted by Gasteiger charge is 2.45. The summed E-state index contributed by atoms with van der Waals surface area (Å²) in [6.45, 7) is 0.935. The van der Waals surface area contributed by atoms with Crippen molar-refractivity contribution in [1.29, 1.82) is 0 Å². The quantitative estimate of drug-likeness (QED) is 0.101. The minimum Gasteiger partial charge on any atom is -0.790 e. The number of phosphoric ester groups is 1. The van der Waals surface area contributed by atoms with Gasteiger partial charge < -0.3 is 49.3 Å². The van der Waals surface area contributed by atoms with Crippen LogP contribution in [0.15, 0.2) is 11.5 Å². The molecule has 0 amide bonds. The zero-order chi connectivity index (χ0) is 26.9. The molecular formula is C14H20N5O13P3S-4. The average molecular weight is 591 g/mol. The van der Waals surface area contributed by atoms with Gasteiger partial charge in [-0.05, 0) is 6.42 Å². The zero-order valence-corrected chi connectivity index (χ0v) is 21.7. The number of hydrogen-bond donors (Lipinski definition) is 3. The fourth-order valence-corrected chi connectivity index (χ4v) is 6.82. The maximum Gasteiger partial charge on any atom is 0.278 e. The van der Waals surface area contributed by atoms with E-state index in [1.54, 1.807) is 0 Å². The molecule has 0 aromatic carbocycles. The van der Waals surface area contributed by atoms with E-state index in [-0.39, 0.29) is 17.0 Å². The van der Waals surface area contributed by atoms with Crippen LogP contribution in [0.2, 0.25) is 0 Å². The molecule has 2 aromatic rings. The smallest absolute Gasteiger partial charge is 0.278 e. The van der Waals surface area contributed by atoms with Crippen molar-refractivity contribution >= 4 is 52.2 Å². The number of aliphatic hydroxyl groups excluding tert-OH is 2. The van der Waals surface area contributed by atoms with Gasteiger partial charge in [0.2, 0.25) is 0 Å². The molecule has 1 fully saturated rings. The molecule has 2 aromatic heterocycles. The van der Waals surface area contributed by atoms with E-state index in [0.29, 0.717) is 5.16 Å². The van der Waals surface area contributed by atoms with Crippen LogP contribution in [-0.4, -0.2) is 60.4 Å². The number of hydrogen-bond acceptors (Lipinski definition) is 18. The minimum atomic E-state index is -6.16. The lowest BCUT2D eigenvalue weighted by Crippen LogP contribution is -2.34. The van der Waals surface area contributed by atoms with E-state index in [4.69, 9.17) is 10.5 Å². The van der Waals surface area contributed by atoms with Gasteiger partial charge in [0, 0.05) is 5.75 Å². The number of thioether (sulfide) groups is 1. The summed E-state index contributed by atoms with van der Waals surface area (Å²) in [7, 11) is -18.1. The molecule has 0 saturated carbocycles. The number of imidazole rings is 1. The Hall–Kier alpha value is -1.01. The number of rotatable bonds is 12. The van der Waals surface area contributed by atoms with Crippen LogP contribution in [-0.2, 0) is 31.6 Å². The highest BCUT2D eigenvalue weighted by molar-refractivity contribution is 7.99. The number of ether oxygens (including phenoxy) is 1. The molecule has 6 atom stereocenters. The molecule has 204 valence electrons.